The molecule has 2 aliphatic rings. The third kappa shape index (κ3) is 5.98. The van der Waals surface area contributed by atoms with Crippen LogP contribution in [0.2, 0.25) is 5.02 Å². The van der Waals surface area contributed by atoms with Crippen LogP contribution in [-0.2, 0) is 0 Å². The second kappa shape index (κ2) is 11.7. The molecule has 202 valence electrons. The summed E-state index contributed by atoms with van der Waals surface area (Å²) in [7, 11) is 0. The summed E-state index contributed by atoms with van der Waals surface area (Å²) < 4.78 is 0. The number of para-hydroxylation sites is 2. The van der Waals surface area contributed by atoms with Crippen LogP contribution >= 0.6 is 11.6 Å². The number of amides is 2. The fourth-order valence-electron chi connectivity index (χ4n) is 5.19. The third-order valence-electron chi connectivity index (χ3n) is 7.28. The smallest absolute Gasteiger partial charge is 0.293 e. The molecule has 0 saturated carbocycles. The Bertz CT molecular complexity index is 1370. The number of nitro benzene ring substituents is 1. The summed E-state index contributed by atoms with van der Waals surface area (Å²) >= 11 is 5.95. The second-order valence-corrected chi connectivity index (χ2v) is 10.2. The van der Waals surface area contributed by atoms with Gasteiger partial charge >= 0.3 is 0 Å². The standard InChI is InChI=1S/C29H30ClN5O4/c30-23-11-8-21(9-12-23)29(37)34-18-16-33(17-19-34)25-7-3-2-6-24(25)31-28(36)22-10-13-26(27(20-22)35(38)39)32-14-4-1-5-15-32/h2-3,6-13,20H,1,4-5,14-19H2,(H,31,36). The molecule has 0 aromatic heterocycles. The molecule has 0 radical (unpaired) electrons. The van der Waals surface area contributed by atoms with E-state index in [4.69, 9.17) is 11.6 Å². The van der Waals surface area contributed by atoms with E-state index in [0.717, 1.165) is 38.0 Å². The van der Waals surface area contributed by atoms with Crippen molar-refractivity contribution >= 4 is 46.2 Å². The van der Waals surface area contributed by atoms with Crippen molar-refractivity contribution in [2.45, 2.75) is 19.3 Å². The van der Waals surface area contributed by atoms with Crippen LogP contribution in [0.15, 0.2) is 66.7 Å². The van der Waals surface area contributed by atoms with E-state index in [1.54, 1.807) is 36.4 Å². The van der Waals surface area contributed by atoms with Crippen molar-refractivity contribution in [3.8, 4) is 0 Å². The van der Waals surface area contributed by atoms with Crippen LogP contribution in [-0.4, -0.2) is 60.9 Å². The molecule has 2 aliphatic heterocycles. The summed E-state index contributed by atoms with van der Waals surface area (Å²) in [4.78, 5) is 43.5. The molecule has 2 saturated heterocycles. The molecule has 0 atom stereocenters. The molecule has 9 nitrogen and oxygen atoms in total. The van der Waals surface area contributed by atoms with Gasteiger partial charge in [-0.05, 0) is 67.8 Å². The van der Waals surface area contributed by atoms with Gasteiger partial charge in [0, 0.05) is 61.5 Å². The minimum atomic E-state index is -0.417. The zero-order chi connectivity index (χ0) is 27.4. The van der Waals surface area contributed by atoms with Crippen LogP contribution in [0.25, 0.3) is 0 Å². The summed E-state index contributed by atoms with van der Waals surface area (Å²) in [5.41, 5.74) is 2.78. The van der Waals surface area contributed by atoms with Crippen LogP contribution in [0.4, 0.5) is 22.7 Å². The Morgan fingerprint density at radius 1 is 0.769 bits per heavy atom. The molecule has 1 N–H and O–H groups in total. The van der Waals surface area contributed by atoms with Gasteiger partial charge in [-0.2, -0.15) is 0 Å². The number of benzene rings is 3. The Morgan fingerprint density at radius 3 is 2.10 bits per heavy atom. The maximum absolute atomic E-state index is 13.2. The molecule has 2 heterocycles. The number of hydrogen-bond donors (Lipinski definition) is 1. The number of piperazine rings is 1. The molecular formula is C29H30ClN5O4. The van der Waals surface area contributed by atoms with Gasteiger partial charge in [0.1, 0.15) is 5.69 Å². The van der Waals surface area contributed by atoms with Crippen LogP contribution in [0.5, 0.6) is 0 Å². The average molecular weight is 548 g/mol. The number of rotatable bonds is 6. The van der Waals surface area contributed by atoms with Crippen molar-refractivity contribution in [2.75, 3.05) is 54.4 Å². The van der Waals surface area contributed by atoms with Gasteiger partial charge in [-0.15, -0.1) is 0 Å². The number of nitrogens with one attached hydrogen (secondary N) is 1. The summed E-state index contributed by atoms with van der Waals surface area (Å²) in [6, 6.07) is 19.0. The van der Waals surface area contributed by atoms with Gasteiger partial charge in [-0.1, -0.05) is 23.7 Å². The van der Waals surface area contributed by atoms with E-state index in [9.17, 15) is 19.7 Å². The van der Waals surface area contributed by atoms with Crippen LogP contribution in [0.3, 0.4) is 0 Å². The predicted molar refractivity (Wildman–Crippen MR) is 153 cm³/mol. The fraction of sp³-hybridized carbons (Fsp3) is 0.310. The zero-order valence-electron chi connectivity index (χ0n) is 21.5. The molecule has 2 fully saturated rings. The fourth-order valence-corrected chi connectivity index (χ4v) is 5.31. The predicted octanol–water partition coefficient (Wildman–Crippen LogP) is 5.45. The van der Waals surface area contributed by atoms with Gasteiger partial charge in [0.15, 0.2) is 0 Å². The van der Waals surface area contributed by atoms with Crippen LogP contribution in [0, 0.1) is 10.1 Å². The minimum absolute atomic E-state index is 0.0394. The molecule has 0 aliphatic carbocycles. The highest BCUT2D eigenvalue weighted by atomic mass is 35.5. The molecule has 0 bridgehead atoms. The second-order valence-electron chi connectivity index (χ2n) is 9.77. The van der Waals surface area contributed by atoms with E-state index in [1.165, 1.54) is 6.07 Å². The summed E-state index contributed by atoms with van der Waals surface area (Å²) in [5, 5.41) is 15.4. The number of carbonyl (C=O) groups is 2. The largest absolute Gasteiger partial charge is 0.366 e. The molecule has 39 heavy (non-hydrogen) atoms. The lowest BCUT2D eigenvalue weighted by Gasteiger charge is -2.37. The molecule has 0 unspecified atom stereocenters. The number of carbonyl (C=O) groups excluding carboxylic acids is 2. The normalized spacial score (nSPS) is 15.7. The average Bonchev–Trinajstić information content (AvgIpc) is 2.97. The molecule has 3 aromatic rings. The third-order valence-corrected chi connectivity index (χ3v) is 7.53. The van der Waals surface area contributed by atoms with Crippen LogP contribution in [0.1, 0.15) is 40.0 Å². The first-order valence-electron chi connectivity index (χ1n) is 13.1. The van der Waals surface area contributed by atoms with Gasteiger partial charge < -0.3 is 20.0 Å². The number of piperidine rings is 1. The lowest BCUT2D eigenvalue weighted by Crippen LogP contribution is -2.49. The zero-order valence-corrected chi connectivity index (χ0v) is 22.3. The molecular weight excluding hydrogens is 518 g/mol. The Morgan fingerprint density at radius 2 is 1.41 bits per heavy atom. The number of anilines is 3. The topological polar surface area (TPSA) is 99.0 Å². The monoisotopic (exact) mass is 547 g/mol. The number of nitrogens with zero attached hydrogens (tertiary/aromatic N) is 4. The maximum Gasteiger partial charge on any atom is 0.293 e. The van der Waals surface area contributed by atoms with Crippen molar-refractivity contribution in [3.05, 3.63) is 93.0 Å². The van der Waals surface area contributed by atoms with E-state index < -0.39 is 10.8 Å². The highest BCUT2D eigenvalue weighted by molar-refractivity contribution is 6.30. The first-order valence-corrected chi connectivity index (χ1v) is 13.5. The quantitative estimate of drug-likeness (QED) is 0.325. The summed E-state index contributed by atoms with van der Waals surface area (Å²) in [6.07, 6.45) is 3.12. The number of hydrogen-bond acceptors (Lipinski definition) is 6. The van der Waals surface area contributed by atoms with E-state index in [2.05, 4.69) is 10.2 Å². The number of halogens is 1. The van der Waals surface area contributed by atoms with Gasteiger partial charge in [0.25, 0.3) is 17.5 Å². The highest BCUT2D eigenvalue weighted by Crippen LogP contribution is 2.32. The van der Waals surface area contributed by atoms with Gasteiger partial charge in [0.05, 0.1) is 16.3 Å². The van der Waals surface area contributed by atoms with Crippen molar-refractivity contribution in [1.82, 2.24) is 4.90 Å². The number of nitro groups is 1. The first-order chi connectivity index (χ1) is 18.9. The summed E-state index contributed by atoms with van der Waals surface area (Å²) in [5.74, 6) is -0.449. The van der Waals surface area contributed by atoms with Crippen molar-refractivity contribution in [2.24, 2.45) is 0 Å². The van der Waals surface area contributed by atoms with E-state index in [1.807, 2.05) is 34.1 Å². The van der Waals surface area contributed by atoms with Gasteiger partial charge in [0.2, 0.25) is 0 Å². The van der Waals surface area contributed by atoms with E-state index in [-0.39, 0.29) is 17.2 Å². The lowest BCUT2D eigenvalue weighted by molar-refractivity contribution is -0.384. The summed E-state index contributed by atoms with van der Waals surface area (Å²) in [6.45, 7) is 3.82. The Kier molecular flexibility index (Phi) is 7.97. The molecule has 0 spiro atoms. The van der Waals surface area contributed by atoms with E-state index >= 15 is 0 Å². The lowest BCUT2D eigenvalue weighted by atomic mass is 10.1. The van der Waals surface area contributed by atoms with Crippen molar-refractivity contribution in [3.63, 3.8) is 0 Å². The maximum atomic E-state index is 13.2. The van der Waals surface area contributed by atoms with Crippen molar-refractivity contribution < 1.29 is 14.5 Å². The van der Waals surface area contributed by atoms with Crippen LogP contribution < -0.4 is 15.1 Å². The molecule has 2 amide bonds. The minimum Gasteiger partial charge on any atom is -0.366 e. The Labute approximate surface area is 232 Å². The first kappa shape index (κ1) is 26.5. The van der Waals surface area contributed by atoms with Gasteiger partial charge in [-0.3, -0.25) is 19.7 Å². The van der Waals surface area contributed by atoms with E-state index in [0.29, 0.717) is 48.1 Å². The van der Waals surface area contributed by atoms with Crippen molar-refractivity contribution in [1.29, 1.82) is 0 Å². The molecule has 10 heteroatoms. The molecule has 5 rings (SSSR count). The Hall–Kier alpha value is -4.11. The van der Waals surface area contributed by atoms with Gasteiger partial charge in [-0.25, -0.2) is 0 Å². The molecule has 3 aromatic carbocycles. The SMILES string of the molecule is O=C(Nc1ccccc1N1CCN(C(=O)c2ccc(Cl)cc2)CC1)c1ccc(N2CCCCC2)c([N+](=O)[O-])c1. The highest BCUT2D eigenvalue weighted by Gasteiger charge is 2.26. The Balaban J connectivity index is 1.28.